The Balaban J connectivity index is 1.81. The summed E-state index contributed by atoms with van der Waals surface area (Å²) in [6.07, 6.45) is -0.317. The molecule has 0 bridgehead atoms. The van der Waals surface area contributed by atoms with Crippen LogP contribution in [0.5, 0.6) is 0 Å². The summed E-state index contributed by atoms with van der Waals surface area (Å²) in [5.74, 6) is 0. The molecule has 0 spiro atoms. The molecule has 0 amide bonds. The number of fused-ring (bicyclic) bond motifs is 1. The predicted molar refractivity (Wildman–Crippen MR) is 94.6 cm³/mol. The van der Waals surface area contributed by atoms with Crippen molar-refractivity contribution in [1.29, 1.82) is 5.26 Å². The molecule has 1 fully saturated rings. The zero-order chi connectivity index (χ0) is 19.4. The smallest absolute Gasteiger partial charge is 0.291 e. The monoisotopic (exact) mass is 429 g/mol. The summed E-state index contributed by atoms with van der Waals surface area (Å²) in [5.41, 5.74) is -0.699. The normalized spacial score (nSPS) is 16.0. The van der Waals surface area contributed by atoms with Gasteiger partial charge in [0.2, 0.25) is 15.2 Å². The molecule has 1 aromatic carbocycles. The van der Waals surface area contributed by atoms with Gasteiger partial charge in [0.05, 0.1) is 21.5 Å². The van der Waals surface area contributed by atoms with Crippen molar-refractivity contribution in [3.8, 4) is 11.2 Å². The number of nitrogens with one attached hydrogen (secondary N) is 1. The second kappa shape index (κ2) is 6.20. The largest absolute Gasteiger partial charge is 0.291 e. The van der Waals surface area contributed by atoms with Gasteiger partial charge in [0.25, 0.3) is 6.43 Å². The van der Waals surface area contributed by atoms with Gasteiger partial charge in [0.15, 0.2) is 5.01 Å². The van der Waals surface area contributed by atoms with Gasteiger partial charge in [-0.3, -0.25) is 4.57 Å². The van der Waals surface area contributed by atoms with Crippen LogP contribution in [0.3, 0.4) is 0 Å². The summed E-state index contributed by atoms with van der Waals surface area (Å²) in [5, 5.41) is 16.7. The molecule has 7 nitrogen and oxygen atoms in total. The molecule has 4 rings (SSSR count). The molecule has 27 heavy (non-hydrogen) atoms. The lowest BCUT2D eigenvalue weighted by atomic mass is 10.2. The van der Waals surface area contributed by atoms with Crippen LogP contribution in [0.15, 0.2) is 29.3 Å². The summed E-state index contributed by atoms with van der Waals surface area (Å²) < 4.78 is 54.7. The summed E-state index contributed by atoms with van der Waals surface area (Å²) >= 11 is 6.92. The van der Waals surface area contributed by atoms with Gasteiger partial charge in [0, 0.05) is 11.6 Å². The maximum absolute atomic E-state index is 12.8. The van der Waals surface area contributed by atoms with Gasteiger partial charge >= 0.3 is 0 Å². The number of nitrogens with zero attached hydrogens (tertiary/aromatic N) is 4. The van der Waals surface area contributed by atoms with E-state index in [1.54, 1.807) is 12.3 Å². The maximum Gasteiger partial charge on any atom is 0.291 e. The third kappa shape index (κ3) is 3.19. The molecule has 0 radical (unpaired) electrons. The van der Waals surface area contributed by atoms with Gasteiger partial charge in [-0.15, -0.1) is 10.2 Å². The lowest BCUT2D eigenvalue weighted by molar-refractivity contribution is 0.150. The summed E-state index contributed by atoms with van der Waals surface area (Å²) in [6.45, 7) is 0. The van der Waals surface area contributed by atoms with Crippen molar-refractivity contribution in [2.24, 2.45) is 0 Å². The van der Waals surface area contributed by atoms with E-state index in [1.165, 1.54) is 16.7 Å². The summed E-state index contributed by atoms with van der Waals surface area (Å²) in [4.78, 5) is -0.125. The van der Waals surface area contributed by atoms with Gasteiger partial charge in [-0.2, -0.15) is 9.98 Å². The quantitative estimate of drug-likeness (QED) is 0.669. The van der Waals surface area contributed by atoms with Crippen LogP contribution in [0, 0.1) is 11.3 Å². The lowest BCUT2D eigenvalue weighted by Gasteiger charge is -2.11. The first kappa shape index (κ1) is 18.2. The zero-order valence-corrected chi connectivity index (χ0v) is 15.7. The highest BCUT2D eigenvalue weighted by molar-refractivity contribution is 7.89. The van der Waals surface area contributed by atoms with Gasteiger partial charge in [0.1, 0.15) is 5.54 Å². The van der Waals surface area contributed by atoms with Crippen molar-refractivity contribution in [1.82, 2.24) is 19.5 Å². The molecule has 0 unspecified atom stereocenters. The van der Waals surface area contributed by atoms with E-state index in [4.69, 9.17) is 16.9 Å². The second-order valence-electron chi connectivity index (χ2n) is 6.05. The van der Waals surface area contributed by atoms with Crippen molar-refractivity contribution in [3.05, 3.63) is 34.4 Å². The standard InChI is InChI=1S/C15H10ClF2N5O2S2/c16-10-5-8(27(24,25)22-15(7-19)2-3-15)6-11-9(10)1-4-23(11)14-21-20-13(26-14)12(17)18/h1,4-6,12,22H,2-3H2. The van der Waals surface area contributed by atoms with Crippen LogP contribution in [0.2, 0.25) is 5.02 Å². The Morgan fingerprint density at radius 2 is 2.11 bits per heavy atom. The van der Waals surface area contributed by atoms with Crippen molar-refractivity contribution in [3.63, 3.8) is 0 Å². The minimum Gasteiger partial charge on any atom is -0.291 e. The van der Waals surface area contributed by atoms with E-state index < -0.39 is 27.0 Å². The Bertz CT molecular complexity index is 1190. The Hall–Kier alpha value is -2.13. The Morgan fingerprint density at radius 3 is 2.70 bits per heavy atom. The van der Waals surface area contributed by atoms with Crippen LogP contribution in [-0.4, -0.2) is 28.7 Å². The minimum absolute atomic E-state index is 0.125. The van der Waals surface area contributed by atoms with Crippen LogP contribution in [-0.2, 0) is 10.0 Å². The Kier molecular flexibility index (Phi) is 4.19. The Morgan fingerprint density at radius 1 is 1.37 bits per heavy atom. The van der Waals surface area contributed by atoms with Crippen LogP contribution in [0.1, 0.15) is 24.3 Å². The summed E-state index contributed by atoms with van der Waals surface area (Å²) in [7, 11) is -3.99. The molecule has 1 N–H and O–H groups in total. The van der Waals surface area contributed by atoms with Crippen LogP contribution in [0.25, 0.3) is 16.0 Å². The van der Waals surface area contributed by atoms with Crippen molar-refractivity contribution in [2.45, 2.75) is 29.7 Å². The fraction of sp³-hybridized carbons (Fsp3) is 0.267. The van der Waals surface area contributed by atoms with Crippen molar-refractivity contribution in [2.75, 3.05) is 0 Å². The summed E-state index contributed by atoms with van der Waals surface area (Å²) in [6, 6.07) is 6.24. The number of rotatable bonds is 5. The molecule has 0 atom stereocenters. The molecule has 1 aliphatic carbocycles. The number of benzene rings is 1. The molecule has 1 saturated carbocycles. The second-order valence-corrected chi connectivity index (χ2v) is 9.12. The SMILES string of the molecule is N#CC1(NS(=O)(=O)c2cc(Cl)c3ccn(-c4nnc(C(F)F)s4)c3c2)CC1. The highest BCUT2D eigenvalue weighted by Crippen LogP contribution is 2.37. The average molecular weight is 430 g/mol. The van der Waals surface area contributed by atoms with E-state index in [9.17, 15) is 17.2 Å². The van der Waals surface area contributed by atoms with E-state index >= 15 is 0 Å². The average Bonchev–Trinajstić information content (AvgIpc) is 3.03. The van der Waals surface area contributed by atoms with E-state index in [0.717, 1.165) is 0 Å². The number of hydrogen-bond acceptors (Lipinski definition) is 6. The highest BCUT2D eigenvalue weighted by Gasteiger charge is 2.46. The van der Waals surface area contributed by atoms with Gasteiger partial charge in [-0.25, -0.2) is 17.2 Å². The first-order valence-corrected chi connectivity index (χ1v) is 10.3. The molecule has 2 heterocycles. The van der Waals surface area contributed by atoms with Crippen LogP contribution >= 0.6 is 22.9 Å². The third-order valence-corrected chi connectivity index (χ3v) is 6.92. The molecule has 140 valence electrons. The first-order valence-electron chi connectivity index (χ1n) is 7.62. The van der Waals surface area contributed by atoms with Gasteiger partial charge < -0.3 is 0 Å². The Labute approximate surface area is 161 Å². The molecule has 0 saturated heterocycles. The van der Waals surface area contributed by atoms with E-state index in [-0.39, 0.29) is 15.0 Å². The molecule has 1 aliphatic rings. The number of nitriles is 1. The molecular formula is C15H10ClF2N5O2S2. The van der Waals surface area contributed by atoms with Gasteiger partial charge in [-0.1, -0.05) is 22.9 Å². The van der Waals surface area contributed by atoms with E-state index in [2.05, 4.69) is 14.9 Å². The molecule has 3 aromatic rings. The number of hydrogen-bond donors (Lipinski definition) is 1. The third-order valence-electron chi connectivity index (χ3n) is 4.16. The van der Waals surface area contributed by atoms with Crippen molar-refractivity contribution < 1.29 is 17.2 Å². The molecule has 12 heteroatoms. The maximum atomic E-state index is 12.8. The lowest BCUT2D eigenvalue weighted by Crippen LogP contribution is -2.35. The number of sulfonamides is 1. The molecule has 2 aromatic heterocycles. The number of aromatic nitrogens is 3. The predicted octanol–water partition coefficient (Wildman–Crippen LogP) is 3.41. The van der Waals surface area contributed by atoms with E-state index in [0.29, 0.717) is 35.1 Å². The first-order chi connectivity index (χ1) is 12.7. The molecule has 0 aliphatic heterocycles. The van der Waals surface area contributed by atoms with E-state index in [1.807, 2.05) is 6.07 Å². The fourth-order valence-electron chi connectivity index (χ4n) is 2.58. The van der Waals surface area contributed by atoms with Crippen LogP contribution in [0.4, 0.5) is 8.78 Å². The zero-order valence-electron chi connectivity index (χ0n) is 13.4. The minimum atomic E-state index is -3.99. The number of alkyl halides is 2. The van der Waals surface area contributed by atoms with Gasteiger partial charge in [-0.05, 0) is 31.0 Å². The topological polar surface area (TPSA) is 101 Å². The molecular weight excluding hydrogens is 420 g/mol. The fourth-order valence-corrected chi connectivity index (χ4v) is 5.05. The highest BCUT2D eigenvalue weighted by atomic mass is 35.5. The van der Waals surface area contributed by atoms with Crippen LogP contribution < -0.4 is 4.72 Å². The van der Waals surface area contributed by atoms with Crippen molar-refractivity contribution >= 4 is 43.9 Å². The number of halogens is 3.